The molecule has 3 aromatic carbocycles. The van der Waals surface area contributed by atoms with Crippen LogP contribution in [0.5, 0.6) is 5.75 Å². The lowest BCUT2D eigenvalue weighted by atomic mass is 10.0. The molecule has 0 aliphatic heterocycles. The highest BCUT2D eigenvalue weighted by Crippen LogP contribution is 2.42. The molecule has 0 aromatic heterocycles. The van der Waals surface area contributed by atoms with Gasteiger partial charge in [0.2, 0.25) is 0 Å². The van der Waals surface area contributed by atoms with Crippen LogP contribution < -0.4 is 9.83 Å². The van der Waals surface area contributed by atoms with Crippen molar-refractivity contribution in [1.29, 1.82) is 0 Å². The Hall–Kier alpha value is -2.35. The third kappa shape index (κ3) is 3.53. The van der Waals surface area contributed by atoms with Gasteiger partial charge < -0.3 is 9.42 Å². The van der Waals surface area contributed by atoms with E-state index in [9.17, 15) is 9.46 Å². The summed E-state index contributed by atoms with van der Waals surface area (Å²) in [5, 5.41) is 0.279. The van der Waals surface area contributed by atoms with Gasteiger partial charge in [-0.2, -0.15) is 0 Å². The number of hydrogen-bond acceptors (Lipinski definition) is 2. The molecule has 1 N–H and O–H groups in total. The second kappa shape index (κ2) is 6.41. The van der Waals surface area contributed by atoms with Crippen LogP contribution in [0.3, 0.4) is 0 Å². The van der Waals surface area contributed by atoms with E-state index in [1.165, 1.54) is 0 Å². The first-order valence-electron chi connectivity index (χ1n) is 7.30. The Morgan fingerprint density at radius 3 is 2.13 bits per heavy atom. The summed E-state index contributed by atoms with van der Waals surface area (Å²) >= 11 is 0. The predicted octanol–water partition coefficient (Wildman–Crippen LogP) is 4.55. The van der Waals surface area contributed by atoms with E-state index in [0.717, 1.165) is 16.7 Å². The fourth-order valence-corrected chi connectivity index (χ4v) is 3.45. The van der Waals surface area contributed by atoms with Crippen LogP contribution in [0.2, 0.25) is 0 Å². The molecule has 3 rings (SSSR count). The quantitative estimate of drug-likeness (QED) is 0.716. The molecule has 0 bridgehead atoms. The molecule has 3 nitrogen and oxygen atoms in total. The van der Waals surface area contributed by atoms with Gasteiger partial charge in [-0.15, -0.1) is 0 Å². The molecule has 1 atom stereocenters. The summed E-state index contributed by atoms with van der Waals surface area (Å²) in [4.78, 5) is 10.2. The number of aryl methyl sites for hydroxylation is 1. The average molecular weight is 324 g/mol. The Bertz CT molecular complexity index is 845. The fourth-order valence-electron chi connectivity index (χ4n) is 2.40. The van der Waals surface area contributed by atoms with Crippen LogP contribution in [0.4, 0.5) is 0 Å². The molecule has 0 saturated carbocycles. The number of hydrogen-bond donors (Lipinski definition) is 1. The van der Waals surface area contributed by atoms with Crippen LogP contribution in [0.25, 0.3) is 11.1 Å². The van der Waals surface area contributed by atoms with Crippen LogP contribution >= 0.6 is 7.60 Å². The molecule has 1 unspecified atom stereocenters. The van der Waals surface area contributed by atoms with Gasteiger partial charge in [0.1, 0.15) is 5.75 Å². The van der Waals surface area contributed by atoms with E-state index in [4.69, 9.17) is 4.52 Å². The van der Waals surface area contributed by atoms with Crippen molar-refractivity contribution in [3.63, 3.8) is 0 Å². The molecule has 0 aliphatic carbocycles. The monoisotopic (exact) mass is 324 g/mol. The molecule has 0 aliphatic rings. The Balaban J connectivity index is 1.95. The normalized spacial score (nSPS) is 13.3. The zero-order valence-corrected chi connectivity index (χ0v) is 13.6. The van der Waals surface area contributed by atoms with Crippen molar-refractivity contribution in [3.05, 3.63) is 84.4 Å². The Morgan fingerprint density at radius 1 is 0.870 bits per heavy atom. The molecule has 23 heavy (non-hydrogen) atoms. The van der Waals surface area contributed by atoms with Gasteiger partial charge in [0.15, 0.2) is 0 Å². The van der Waals surface area contributed by atoms with Gasteiger partial charge >= 0.3 is 7.60 Å². The summed E-state index contributed by atoms with van der Waals surface area (Å²) < 4.78 is 17.9. The Labute approximate surface area is 135 Å². The smallest absolute Gasteiger partial charge is 0.408 e. The van der Waals surface area contributed by atoms with Crippen molar-refractivity contribution in [2.75, 3.05) is 0 Å². The van der Waals surface area contributed by atoms with E-state index in [2.05, 4.69) is 0 Å². The van der Waals surface area contributed by atoms with E-state index in [1.54, 1.807) is 42.5 Å². The zero-order chi connectivity index (χ0) is 16.3. The van der Waals surface area contributed by atoms with Gasteiger partial charge in [-0.25, -0.2) is 4.57 Å². The highest BCUT2D eigenvalue weighted by molar-refractivity contribution is 7.61. The van der Waals surface area contributed by atoms with E-state index in [-0.39, 0.29) is 5.30 Å². The largest absolute Gasteiger partial charge is 0.421 e. The van der Waals surface area contributed by atoms with Crippen LogP contribution in [0.15, 0.2) is 78.9 Å². The third-order valence-corrected chi connectivity index (χ3v) is 5.01. The van der Waals surface area contributed by atoms with Crippen molar-refractivity contribution < 1.29 is 14.0 Å². The van der Waals surface area contributed by atoms with Gasteiger partial charge in [-0.3, -0.25) is 0 Å². The maximum Gasteiger partial charge on any atom is 0.408 e. The molecule has 0 spiro atoms. The number of rotatable bonds is 4. The van der Waals surface area contributed by atoms with Gasteiger partial charge in [0.05, 0.1) is 5.30 Å². The summed E-state index contributed by atoms with van der Waals surface area (Å²) in [6.45, 7) is 2.00. The topological polar surface area (TPSA) is 46.5 Å². The van der Waals surface area contributed by atoms with Crippen molar-refractivity contribution in [3.8, 4) is 16.9 Å². The zero-order valence-electron chi connectivity index (χ0n) is 12.7. The third-order valence-electron chi connectivity index (χ3n) is 3.61. The predicted molar refractivity (Wildman–Crippen MR) is 93.1 cm³/mol. The van der Waals surface area contributed by atoms with Crippen LogP contribution in [-0.2, 0) is 4.57 Å². The lowest BCUT2D eigenvalue weighted by molar-refractivity contribution is 0.393. The minimum absolute atomic E-state index is 0.279. The molecule has 0 fully saturated rings. The van der Waals surface area contributed by atoms with Crippen LogP contribution in [0.1, 0.15) is 5.56 Å². The first-order chi connectivity index (χ1) is 11.1. The Kier molecular flexibility index (Phi) is 4.33. The van der Waals surface area contributed by atoms with Gasteiger partial charge in [0.25, 0.3) is 0 Å². The van der Waals surface area contributed by atoms with Crippen molar-refractivity contribution in [1.82, 2.24) is 0 Å². The maximum absolute atomic E-state index is 12.5. The van der Waals surface area contributed by atoms with Crippen LogP contribution in [-0.4, -0.2) is 4.89 Å². The first-order valence-corrected chi connectivity index (χ1v) is 8.88. The second-order valence-corrected chi connectivity index (χ2v) is 7.03. The molecule has 116 valence electrons. The average Bonchev–Trinajstić information content (AvgIpc) is 2.58. The highest BCUT2D eigenvalue weighted by Gasteiger charge is 2.24. The first kappa shape index (κ1) is 15.5. The molecule has 4 heteroatoms. The molecular formula is C19H17O3P. The van der Waals surface area contributed by atoms with Gasteiger partial charge in [-0.05, 0) is 47.9 Å². The minimum Gasteiger partial charge on any atom is -0.421 e. The summed E-state index contributed by atoms with van der Waals surface area (Å²) in [6.07, 6.45) is 0. The lowest BCUT2D eigenvalue weighted by Gasteiger charge is -2.15. The summed E-state index contributed by atoms with van der Waals surface area (Å²) in [7, 11) is -3.89. The molecule has 0 amide bonds. The molecule has 3 aromatic rings. The standard InChI is InChI=1S/C19H17O3P/c1-15-12-13-17(14-19(15)16-8-4-2-5-9-16)22-23(20,21)18-10-6-3-7-11-18/h2-14H,1H3,(H,20,21). The second-order valence-electron chi connectivity index (χ2n) is 5.29. The molecule has 0 saturated heterocycles. The lowest BCUT2D eigenvalue weighted by Crippen LogP contribution is -2.08. The number of benzene rings is 3. The van der Waals surface area contributed by atoms with Gasteiger partial charge in [0, 0.05) is 0 Å². The maximum atomic E-state index is 12.5. The van der Waals surface area contributed by atoms with Crippen molar-refractivity contribution >= 4 is 12.9 Å². The van der Waals surface area contributed by atoms with E-state index in [0.29, 0.717) is 5.75 Å². The molecule has 0 radical (unpaired) electrons. The summed E-state index contributed by atoms with van der Waals surface area (Å²) in [5.41, 5.74) is 3.11. The van der Waals surface area contributed by atoms with Gasteiger partial charge in [-0.1, -0.05) is 54.6 Å². The highest BCUT2D eigenvalue weighted by atomic mass is 31.2. The van der Waals surface area contributed by atoms with E-state index < -0.39 is 7.60 Å². The fraction of sp³-hybridized carbons (Fsp3) is 0.0526. The van der Waals surface area contributed by atoms with Crippen LogP contribution in [0, 0.1) is 6.92 Å². The Morgan fingerprint density at radius 2 is 1.48 bits per heavy atom. The van der Waals surface area contributed by atoms with E-state index in [1.807, 2.05) is 43.3 Å². The summed E-state index contributed by atoms with van der Waals surface area (Å²) in [6, 6.07) is 23.7. The van der Waals surface area contributed by atoms with Crippen molar-refractivity contribution in [2.24, 2.45) is 0 Å². The van der Waals surface area contributed by atoms with Crippen molar-refractivity contribution in [2.45, 2.75) is 6.92 Å². The van der Waals surface area contributed by atoms with E-state index >= 15 is 0 Å². The minimum atomic E-state index is -3.89. The summed E-state index contributed by atoms with van der Waals surface area (Å²) in [5.74, 6) is 0.379. The molecular weight excluding hydrogens is 307 g/mol. The SMILES string of the molecule is Cc1ccc(OP(=O)(O)c2ccccc2)cc1-c1ccccc1. The molecule has 0 heterocycles.